The number of thioether (sulfide) groups is 1. The zero-order valence-electron chi connectivity index (χ0n) is 16.1. The summed E-state index contributed by atoms with van der Waals surface area (Å²) in [6, 6.07) is 11.3. The predicted molar refractivity (Wildman–Crippen MR) is 117 cm³/mol. The van der Waals surface area contributed by atoms with Gasteiger partial charge in [0.2, 0.25) is 15.7 Å². The van der Waals surface area contributed by atoms with E-state index in [1.54, 1.807) is 0 Å². The molecule has 0 saturated carbocycles. The monoisotopic (exact) mass is 463 g/mol. The largest absolute Gasteiger partial charge is 0.325 e. The van der Waals surface area contributed by atoms with Gasteiger partial charge in [0.25, 0.3) is 5.56 Å². The Morgan fingerprint density at radius 2 is 1.97 bits per heavy atom. The molecular weight excluding hydrogens is 446 g/mol. The van der Waals surface area contributed by atoms with Crippen LogP contribution in [0.5, 0.6) is 0 Å². The van der Waals surface area contributed by atoms with Crippen LogP contribution in [-0.4, -0.2) is 30.0 Å². The predicted octanol–water partition coefficient (Wildman–Crippen LogP) is 3.60. The van der Waals surface area contributed by atoms with Crippen LogP contribution in [0, 0.1) is 13.8 Å². The summed E-state index contributed by atoms with van der Waals surface area (Å²) in [5.41, 5.74) is 1.92. The summed E-state index contributed by atoms with van der Waals surface area (Å²) >= 11 is 6.84. The van der Waals surface area contributed by atoms with Crippen LogP contribution in [0.4, 0.5) is 5.69 Å². The number of aromatic nitrogens is 2. The molecule has 1 heterocycles. The number of aromatic amines is 1. The minimum Gasteiger partial charge on any atom is -0.325 e. The summed E-state index contributed by atoms with van der Waals surface area (Å²) in [5, 5.41) is 3.17. The standard InChI is InChI=1S/C20H18ClN3O4S2/c1-12-6-7-16(13(2)8-12)23-18(25)11-29-20-22-10-17(19(26)24-20)30(27,28)15-5-3-4-14(21)9-15/h3-10H,11H2,1-2H3,(H,23,25)(H,22,24,26). The summed E-state index contributed by atoms with van der Waals surface area (Å²) in [5.74, 6) is -0.276. The van der Waals surface area contributed by atoms with Crippen molar-refractivity contribution in [1.29, 1.82) is 0 Å². The molecule has 0 unspecified atom stereocenters. The number of sulfone groups is 1. The molecule has 2 aromatic carbocycles. The second-order valence-electron chi connectivity index (χ2n) is 6.50. The molecule has 0 spiro atoms. The van der Waals surface area contributed by atoms with Crippen LogP contribution in [0.25, 0.3) is 0 Å². The Kier molecular flexibility index (Phi) is 6.64. The summed E-state index contributed by atoms with van der Waals surface area (Å²) in [7, 11) is -4.07. The lowest BCUT2D eigenvalue weighted by Gasteiger charge is -2.09. The number of H-pyrrole nitrogens is 1. The molecule has 7 nitrogen and oxygen atoms in total. The number of amides is 1. The van der Waals surface area contributed by atoms with Crippen molar-refractivity contribution < 1.29 is 13.2 Å². The molecular formula is C20H18ClN3O4S2. The average molecular weight is 464 g/mol. The van der Waals surface area contributed by atoms with E-state index in [4.69, 9.17) is 11.6 Å². The Hall–Kier alpha value is -2.62. The van der Waals surface area contributed by atoms with Crippen LogP contribution in [0.3, 0.4) is 0 Å². The van der Waals surface area contributed by atoms with Gasteiger partial charge in [-0.05, 0) is 43.7 Å². The van der Waals surface area contributed by atoms with E-state index in [0.29, 0.717) is 5.69 Å². The normalized spacial score (nSPS) is 11.3. The summed E-state index contributed by atoms with van der Waals surface area (Å²) in [6.45, 7) is 3.86. The zero-order valence-corrected chi connectivity index (χ0v) is 18.5. The van der Waals surface area contributed by atoms with Crippen molar-refractivity contribution in [2.24, 2.45) is 0 Å². The van der Waals surface area contributed by atoms with Crippen molar-refractivity contribution in [3.05, 3.63) is 75.2 Å². The number of rotatable bonds is 6. The molecule has 0 saturated heterocycles. The third-order valence-corrected chi connectivity index (χ3v) is 7.00. The smallest absolute Gasteiger partial charge is 0.270 e. The lowest BCUT2D eigenvalue weighted by molar-refractivity contribution is -0.113. The van der Waals surface area contributed by atoms with Gasteiger partial charge in [0.15, 0.2) is 10.1 Å². The molecule has 30 heavy (non-hydrogen) atoms. The van der Waals surface area contributed by atoms with Gasteiger partial charge >= 0.3 is 0 Å². The van der Waals surface area contributed by atoms with Gasteiger partial charge in [-0.15, -0.1) is 0 Å². The van der Waals surface area contributed by atoms with E-state index in [9.17, 15) is 18.0 Å². The molecule has 3 rings (SSSR count). The highest BCUT2D eigenvalue weighted by molar-refractivity contribution is 7.99. The molecule has 1 aromatic heterocycles. The SMILES string of the molecule is Cc1ccc(NC(=O)CSc2ncc(S(=O)(=O)c3cccc(Cl)c3)c(=O)[nH]2)c(C)c1. The molecule has 0 aliphatic carbocycles. The molecule has 0 radical (unpaired) electrons. The van der Waals surface area contributed by atoms with Gasteiger partial charge in [-0.2, -0.15) is 0 Å². The lowest BCUT2D eigenvalue weighted by Crippen LogP contribution is -2.20. The fourth-order valence-corrected chi connectivity index (χ4v) is 4.83. The number of hydrogen-bond donors (Lipinski definition) is 2. The van der Waals surface area contributed by atoms with Crippen molar-refractivity contribution in [3.63, 3.8) is 0 Å². The fraction of sp³-hybridized carbons (Fsp3) is 0.150. The molecule has 0 atom stereocenters. The van der Waals surface area contributed by atoms with Gasteiger partial charge < -0.3 is 10.3 Å². The molecule has 10 heteroatoms. The van der Waals surface area contributed by atoms with Crippen LogP contribution >= 0.6 is 23.4 Å². The number of nitrogens with one attached hydrogen (secondary N) is 2. The zero-order chi connectivity index (χ0) is 21.9. The van der Waals surface area contributed by atoms with E-state index in [2.05, 4.69) is 15.3 Å². The van der Waals surface area contributed by atoms with E-state index in [1.807, 2.05) is 32.0 Å². The highest BCUT2D eigenvalue weighted by atomic mass is 35.5. The number of aryl methyl sites for hydroxylation is 2. The number of carbonyl (C=O) groups is 1. The van der Waals surface area contributed by atoms with Gasteiger partial charge in [-0.1, -0.05) is 47.1 Å². The third kappa shape index (κ3) is 5.10. The Morgan fingerprint density at radius 1 is 1.20 bits per heavy atom. The van der Waals surface area contributed by atoms with E-state index in [0.717, 1.165) is 29.1 Å². The summed E-state index contributed by atoms with van der Waals surface area (Å²) < 4.78 is 25.3. The van der Waals surface area contributed by atoms with Gasteiger partial charge in [-0.3, -0.25) is 9.59 Å². The molecule has 1 amide bonds. The Morgan fingerprint density at radius 3 is 2.63 bits per heavy atom. The topological polar surface area (TPSA) is 109 Å². The lowest BCUT2D eigenvalue weighted by atomic mass is 10.1. The van der Waals surface area contributed by atoms with Crippen LogP contribution in [0.1, 0.15) is 11.1 Å². The minimum atomic E-state index is -4.07. The van der Waals surface area contributed by atoms with Gasteiger partial charge in [0, 0.05) is 10.7 Å². The number of carbonyl (C=O) groups excluding carboxylic acids is 1. The van der Waals surface area contributed by atoms with Crippen molar-refractivity contribution in [1.82, 2.24) is 9.97 Å². The van der Waals surface area contributed by atoms with Gasteiger partial charge in [0.05, 0.1) is 16.8 Å². The van der Waals surface area contributed by atoms with Crippen molar-refractivity contribution in [2.75, 3.05) is 11.1 Å². The number of hydrogen-bond acceptors (Lipinski definition) is 6. The van der Waals surface area contributed by atoms with Crippen LogP contribution in [0.2, 0.25) is 5.02 Å². The maximum atomic E-state index is 12.7. The fourth-order valence-electron chi connectivity index (χ4n) is 2.67. The highest BCUT2D eigenvalue weighted by Crippen LogP contribution is 2.22. The Balaban J connectivity index is 1.71. The van der Waals surface area contributed by atoms with E-state index in [-0.39, 0.29) is 26.7 Å². The molecule has 0 aliphatic rings. The Bertz CT molecular complexity index is 1270. The first kappa shape index (κ1) is 22.1. The van der Waals surface area contributed by atoms with Crippen molar-refractivity contribution in [3.8, 4) is 0 Å². The summed E-state index contributed by atoms with van der Waals surface area (Å²) in [4.78, 5) is 30.3. The first-order valence-corrected chi connectivity index (χ1v) is 11.6. The van der Waals surface area contributed by atoms with E-state index < -0.39 is 20.3 Å². The maximum Gasteiger partial charge on any atom is 0.270 e. The number of benzene rings is 2. The van der Waals surface area contributed by atoms with E-state index in [1.165, 1.54) is 24.3 Å². The van der Waals surface area contributed by atoms with Crippen molar-refractivity contribution >= 4 is 44.8 Å². The average Bonchev–Trinajstić information content (AvgIpc) is 2.68. The van der Waals surface area contributed by atoms with Gasteiger partial charge in [-0.25, -0.2) is 13.4 Å². The second-order valence-corrected chi connectivity index (χ2v) is 9.82. The summed E-state index contributed by atoms with van der Waals surface area (Å²) in [6.07, 6.45) is 0.986. The van der Waals surface area contributed by atoms with Crippen LogP contribution in [0.15, 0.2) is 68.4 Å². The third-order valence-electron chi connectivity index (χ3n) is 4.14. The highest BCUT2D eigenvalue weighted by Gasteiger charge is 2.22. The number of halogens is 1. The van der Waals surface area contributed by atoms with E-state index >= 15 is 0 Å². The van der Waals surface area contributed by atoms with Crippen LogP contribution < -0.4 is 10.9 Å². The molecule has 156 valence electrons. The minimum absolute atomic E-state index is 0.00333. The molecule has 0 aliphatic heterocycles. The quantitative estimate of drug-likeness (QED) is 0.427. The molecule has 0 bridgehead atoms. The first-order chi connectivity index (χ1) is 14.2. The maximum absolute atomic E-state index is 12.7. The van der Waals surface area contributed by atoms with Crippen molar-refractivity contribution in [2.45, 2.75) is 28.8 Å². The second kappa shape index (κ2) is 9.03. The molecule has 2 N–H and O–H groups in total. The molecule has 3 aromatic rings. The molecule has 0 fully saturated rings. The van der Waals surface area contributed by atoms with Gasteiger partial charge in [0.1, 0.15) is 0 Å². The van der Waals surface area contributed by atoms with Crippen LogP contribution in [-0.2, 0) is 14.6 Å². The number of anilines is 1. The Labute approximate surface area is 182 Å². The number of nitrogens with zero attached hydrogens (tertiary/aromatic N) is 1. The first-order valence-electron chi connectivity index (χ1n) is 8.77.